The van der Waals surface area contributed by atoms with Gasteiger partial charge in [-0.3, -0.25) is 4.98 Å². The Labute approximate surface area is 103 Å². The summed E-state index contributed by atoms with van der Waals surface area (Å²) in [6, 6.07) is 2.05. The minimum atomic E-state index is 0.180. The van der Waals surface area contributed by atoms with Gasteiger partial charge in [0.25, 0.3) is 0 Å². The average Bonchev–Trinajstić information content (AvgIpc) is 2.16. The molecule has 2 nitrogen and oxygen atoms in total. The zero-order valence-electron chi connectivity index (χ0n) is 10.4. The first-order valence-corrected chi connectivity index (χ1v) is 6.18. The van der Waals surface area contributed by atoms with Crippen LogP contribution in [0.25, 0.3) is 0 Å². The van der Waals surface area contributed by atoms with Gasteiger partial charge in [0.1, 0.15) is 5.75 Å². The molecule has 16 heavy (non-hydrogen) atoms. The third-order valence-electron chi connectivity index (χ3n) is 2.35. The van der Waals surface area contributed by atoms with Crippen LogP contribution in [-0.4, -0.2) is 16.5 Å². The fraction of sp³-hybridized carbons (Fsp3) is 0.615. The highest BCUT2D eigenvalue weighted by atomic mass is 35.5. The summed E-state index contributed by atoms with van der Waals surface area (Å²) in [4.78, 5) is 4.20. The van der Waals surface area contributed by atoms with Crippen LogP contribution in [0.5, 0.6) is 5.75 Å². The van der Waals surface area contributed by atoms with Crippen LogP contribution in [0.4, 0.5) is 0 Å². The monoisotopic (exact) mass is 241 g/mol. The predicted octanol–water partition coefficient (Wildman–Crippen LogP) is 3.99. The summed E-state index contributed by atoms with van der Waals surface area (Å²) in [6.45, 7) is 8.20. The minimum absolute atomic E-state index is 0.180. The minimum Gasteiger partial charge on any atom is -0.489 e. The molecule has 0 saturated heterocycles. The van der Waals surface area contributed by atoms with E-state index < -0.39 is 0 Å². The normalized spacial score (nSPS) is 14.9. The molecular formula is C13H20ClNO. The van der Waals surface area contributed by atoms with Crippen LogP contribution in [0.15, 0.2) is 18.5 Å². The summed E-state index contributed by atoms with van der Waals surface area (Å²) in [5.74, 6) is 1.25. The van der Waals surface area contributed by atoms with Crippen LogP contribution in [0, 0.1) is 0 Å². The maximum Gasteiger partial charge on any atom is 0.138 e. The number of rotatable bonds is 5. The molecule has 0 aromatic carbocycles. The van der Waals surface area contributed by atoms with Crippen LogP contribution in [0.2, 0.25) is 0 Å². The van der Waals surface area contributed by atoms with Gasteiger partial charge in [-0.15, -0.1) is 11.6 Å². The number of alkyl halides is 1. The maximum absolute atomic E-state index is 5.99. The molecule has 0 fully saturated rings. The average molecular weight is 242 g/mol. The summed E-state index contributed by atoms with van der Waals surface area (Å²) in [5.41, 5.74) is 1.19. The van der Waals surface area contributed by atoms with Crippen molar-refractivity contribution in [2.75, 3.05) is 0 Å². The van der Waals surface area contributed by atoms with E-state index in [0.717, 1.165) is 12.2 Å². The van der Waals surface area contributed by atoms with E-state index in [-0.39, 0.29) is 11.5 Å². The van der Waals surface area contributed by atoms with Gasteiger partial charge in [0, 0.05) is 11.6 Å². The Bertz CT molecular complexity index is 325. The van der Waals surface area contributed by atoms with Crippen molar-refractivity contribution in [2.24, 2.45) is 0 Å². The second kappa shape index (κ2) is 6.09. The number of pyridine rings is 1. The molecule has 0 spiro atoms. The molecule has 3 heteroatoms. The molecule has 1 rings (SSSR count). The lowest BCUT2D eigenvalue weighted by atomic mass is 9.98. The van der Waals surface area contributed by atoms with E-state index >= 15 is 0 Å². The van der Waals surface area contributed by atoms with E-state index in [1.165, 1.54) is 5.56 Å². The lowest BCUT2D eigenvalue weighted by molar-refractivity contribution is 0.241. The number of aromatic nitrogens is 1. The Hall–Kier alpha value is -0.760. The van der Waals surface area contributed by atoms with Gasteiger partial charge in [-0.2, -0.15) is 0 Å². The third-order valence-corrected chi connectivity index (χ3v) is 2.53. The third kappa shape index (κ3) is 4.40. The van der Waals surface area contributed by atoms with Crippen LogP contribution in [0.1, 0.15) is 45.6 Å². The molecule has 0 aliphatic heterocycles. The van der Waals surface area contributed by atoms with E-state index in [2.05, 4.69) is 18.0 Å². The van der Waals surface area contributed by atoms with E-state index in [1.807, 2.05) is 27.0 Å². The fourth-order valence-electron chi connectivity index (χ4n) is 1.66. The quantitative estimate of drug-likeness (QED) is 0.728. The first-order chi connectivity index (χ1) is 7.49. The van der Waals surface area contributed by atoms with Crippen molar-refractivity contribution in [3.05, 3.63) is 24.0 Å². The van der Waals surface area contributed by atoms with E-state index in [9.17, 15) is 0 Å². The van der Waals surface area contributed by atoms with Gasteiger partial charge >= 0.3 is 0 Å². The van der Waals surface area contributed by atoms with Crippen molar-refractivity contribution in [1.29, 1.82) is 0 Å². The van der Waals surface area contributed by atoms with Crippen LogP contribution in [0.3, 0.4) is 0 Å². The molecular weight excluding hydrogens is 222 g/mol. The highest BCUT2D eigenvalue weighted by Crippen LogP contribution is 2.25. The van der Waals surface area contributed by atoms with Gasteiger partial charge in [-0.25, -0.2) is 0 Å². The second-order valence-electron chi connectivity index (χ2n) is 4.54. The number of ether oxygens (including phenoxy) is 1. The predicted molar refractivity (Wildman–Crippen MR) is 68.3 cm³/mol. The van der Waals surface area contributed by atoms with Crippen molar-refractivity contribution in [3.63, 3.8) is 0 Å². The molecule has 0 saturated carbocycles. The van der Waals surface area contributed by atoms with Gasteiger partial charge in [-0.1, -0.05) is 6.92 Å². The summed E-state index contributed by atoms with van der Waals surface area (Å²) in [6.07, 6.45) is 4.77. The Balaban J connectivity index is 2.73. The Morgan fingerprint density at radius 2 is 1.94 bits per heavy atom. The summed E-state index contributed by atoms with van der Waals surface area (Å²) < 4.78 is 5.61. The molecule has 2 unspecified atom stereocenters. The zero-order chi connectivity index (χ0) is 12.1. The molecule has 0 amide bonds. The highest BCUT2D eigenvalue weighted by Gasteiger charge is 2.10. The Kier molecular flexibility index (Phi) is 5.07. The van der Waals surface area contributed by atoms with Crippen molar-refractivity contribution in [2.45, 2.75) is 51.5 Å². The summed E-state index contributed by atoms with van der Waals surface area (Å²) in [7, 11) is 0. The molecule has 1 aromatic heterocycles. The molecule has 0 N–H and O–H groups in total. The second-order valence-corrected chi connectivity index (χ2v) is 5.28. The highest BCUT2D eigenvalue weighted by molar-refractivity contribution is 6.20. The van der Waals surface area contributed by atoms with Crippen molar-refractivity contribution in [1.82, 2.24) is 4.98 Å². The molecule has 1 aromatic rings. The van der Waals surface area contributed by atoms with E-state index in [4.69, 9.17) is 16.3 Å². The number of hydrogen-bond acceptors (Lipinski definition) is 2. The zero-order valence-corrected chi connectivity index (χ0v) is 11.2. The number of nitrogens with zero attached hydrogens (tertiary/aromatic N) is 1. The lowest BCUT2D eigenvalue weighted by Gasteiger charge is -2.15. The van der Waals surface area contributed by atoms with Crippen LogP contribution in [-0.2, 0) is 0 Å². The van der Waals surface area contributed by atoms with Crippen LogP contribution < -0.4 is 4.74 Å². The first-order valence-electron chi connectivity index (χ1n) is 5.74. The maximum atomic E-state index is 5.99. The van der Waals surface area contributed by atoms with Gasteiger partial charge in [-0.05, 0) is 44.7 Å². The molecule has 2 atom stereocenters. The van der Waals surface area contributed by atoms with Gasteiger partial charge in [0.2, 0.25) is 0 Å². The van der Waals surface area contributed by atoms with Crippen molar-refractivity contribution in [3.8, 4) is 5.75 Å². The molecule has 0 aliphatic carbocycles. The van der Waals surface area contributed by atoms with Gasteiger partial charge in [0.15, 0.2) is 0 Å². The number of halogens is 1. The molecule has 90 valence electrons. The van der Waals surface area contributed by atoms with Crippen molar-refractivity contribution >= 4 is 11.6 Å². The Morgan fingerprint density at radius 3 is 2.50 bits per heavy atom. The Morgan fingerprint density at radius 1 is 1.25 bits per heavy atom. The topological polar surface area (TPSA) is 22.1 Å². The van der Waals surface area contributed by atoms with Gasteiger partial charge in [0.05, 0.1) is 12.3 Å². The smallest absolute Gasteiger partial charge is 0.138 e. The standard InChI is InChI=1S/C13H20ClNO/c1-9(2)16-13-6-12(7-15-8-13)10(3)5-11(4)14/h6-11H,5H2,1-4H3. The first kappa shape index (κ1) is 13.3. The van der Waals surface area contributed by atoms with E-state index in [0.29, 0.717) is 5.92 Å². The lowest BCUT2D eigenvalue weighted by Crippen LogP contribution is -2.07. The summed E-state index contributed by atoms with van der Waals surface area (Å²) in [5, 5.41) is 0.185. The van der Waals surface area contributed by atoms with Crippen LogP contribution >= 0.6 is 11.6 Å². The SMILES string of the molecule is CC(Cl)CC(C)c1cncc(OC(C)C)c1. The van der Waals surface area contributed by atoms with Gasteiger partial charge < -0.3 is 4.74 Å². The molecule has 0 radical (unpaired) electrons. The molecule has 0 aliphatic rings. The summed E-state index contributed by atoms with van der Waals surface area (Å²) >= 11 is 5.99. The van der Waals surface area contributed by atoms with Crippen molar-refractivity contribution < 1.29 is 4.74 Å². The van der Waals surface area contributed by atoms with E-state index in [1.54, 1.807) is 6.20 Å². The number of hydrogen-bond donors (Lipinski definition) is 0. The fourth-order valence-corrected chi connectivity index (χ4v) is 1.93. The molecule has 1 heterocycles. The molecule has 0 bridgehead atoms. The largest absolute Gasteiger partial charge is 0.489 e.